The quantitative estimate of drug-likeness (QED) is 0.537. The van der Waals surface area contributed by atoms with E-state index in [-0.39, 0.29) is 0 Å². The van der Waals surface area contributed by atoms with Crippen LogP contribution in [0, 0.1) is 5.92 Å². The molecular weight excluding hydrogens is 174 g/mol. The van der Waals surface area contributed by atoms with Crippen LogP contribution in [0.3, 0.4) is 0 Å². The fraction of sp³-hybridized carbons (Fsp3) is 0.917. The second-order valence-electron chi connectivity index (χ2n) is 5.60. The summed E-state index contributed by atoms with van der Waals surface area (Å²) in [4.78, 5) is 11.9. The topological polar surface area (TPSA) is 17.1 Å². The zero-order valence-electron chi connectivity index (χ0n) is 9.04. The molecule has 0 aromatic rings. The third-order valence-corrected chi connectivity index (χ3v) is 5.10. The lowest BCUT2D eigenvalue weighted by atomic mass is 9.94. The molecule has 0 aromatic carbocycles. The SMILES string of the molecule is CC1CC[N+]2(CC1=O)C1CCC2CC1. The standard InChI is InChI=1S/C12H20NO/c1-9-6-7-13(8-12(9)14)10-2-3-11(13)5-4-10/h9-11H,2-8H2,1H3/q+1. The van der Waals surface area contributed by atoms with E-state index in [1.165, 1.54) is 36.7 Å². The van der Waals surface area contributed by atoms with Gasteiger partial charge < -0.3 is 4.48 Å². The molecule has 3 saturated heterocycles. The van der Waals surface area contributed by atoms with Crippen LogP contribution in [0.5, 0.6) is 0 Å². The first-order chi connectivity index (χ1) is 6.72. The van der Waals surface area contributed by atoms with E-state index in [1.807, 2.05) is 0 Å². The highest BCUT2D eigenvalue weighted by Gasteiger charge is 2.56. The molecule has 3 fully saturated rings. The highest BCUT2D eigenvalue weighted by molar-refractivity contribution is 5.82. The summed E-state index contributed by atoms with van der Waals surface area (Å²) in [6.07, 6.45) is 6.73. The molecule has 1 atom stereocenters. The van der Waals surface area contributed by atoms with Gasteiger partial charge in [0.15, 0.2) is 5.78 Å². The van der Waals surface area contributed by atoms with E-state index >= 15 is 0 Å². The summed E-state index contributed by atoms with van der Waals surface area (Å²) in [6, 6.07) is 1.72. The van der Waals surface area contributed by atoms with Crippen LogP contribution in [0.15, 0.2) is 0 Å². The Morgan fingerprint density at radius 2 is 1.64 bits per heavy atom. The van der Waals surface area contributed by atoms with Gasteiger partial charge in [0.05, 0.1) is 18.6 Å². The molecule has 78 valence electrons. The van der Waals surface area contributed by atoms with Gasteiger partial charge >= 0.3 is 0 Å². The average Bonchev–Trinajstić information content (AvgIpc) is 2.68. The van der Waals surface area contributed by atoms with Crippen molar-refractivity contribution >= 4 is 5.78 Å². The Morgan fingerprint density at radius 3 is 2.14 bits per heavy atom. The number of Topliss-reactive ketones (excluding diaryl/α,β-unsaturated/α-hetero) is 1. The summed E-state index contributed by atoms with van der Waals surface area (Å²) in [5.74, 6) is 0.883. The van der Waals surface area contributed by atoms with Gasteiger partial charge in [-0.05, 0) is 0 Å². The van der Waals surface area contributed by atoms with Crippen molar-refractivity contribution in [1.82, 2.24) is 0 Å². The summed E-state index contributed by atoms with van der Waals surface area (Å²) in [5, 5.41) is 0. The molecular formula is C12H20NO+. The van der Waals surface area contributed by atoms with E-state index < -0.39 is 0 Å². The maximum atomic E-state index is 11.9. The third-order valence-electron chi connectivity index (χ3n) is 5.10. The molecule has 1 unspecified atom stereocenters. The van der Waals surface area contributed by atoms with Crippen molar-refractivity contribution in [2.45, 2.75) is 51.1 Å². The Bertz CT molecular complexity index is 253. The van der Waals surface area contributed by atoms with Gasteiger partial charge in [-0.25, -0.2) is 0 Å². The van der Waals surface area contributed by atoms with Crippen LogP contribution in [0.4, 0.5) is 0 Å². The molecule has 0 N–H and O–H groups in total. The second-order valence-corrected chi connectivity index (χ2v) is 5.60. The molecule has 3 aliphatic heterocycles. The van der Waals surface area contributed by atoms with Gasteiger partial charge in [0, 0.05) is 38.0 Å². The molecule has 2 nitrogen and oxygen atoms in total. The summed E-state index contributed by atoms with van der Waals surface area (Å²) in [6.45, 7) is 4.27. The predicted octanol–water partition coefficient (Wildman–Crippen LogP) is 1.74. The molecule has 1 spiro atoms. The summed E-state index contributed by atoms with van der Waals surface area (Å²) in [5.41, 5.74) is 0. The van der Waals surface area contributed by atoms with Crippen molar-refractivity contribution < 1.29 is 9.28 Å². The number of carbonyl (C=O) groups excluding carboxylic acids is 1. The maximum absolute atomic E-state index is 11.9. The van der Waals surface area contributed by atoms with E-state index in [0.29, 0.717) is 11.7 Å². The number of nitrogens with zero attached hydrogens (tertiary/aromatic N) is 1. The Labute approximate surface area is 85.9 Å². The number of carbonyl (C=O) groups is 1. The molecule has 3 heterocycles. The lowest BCUT2D eigenvalue weighted by Crippen LogP contribution is -2.59. The van der Waals surface area contributed by atoms with E-state index in [2.05, 4.69) is 6.92 Å². The van der Waals surface area contributed by atoms with Crippen LogP contribution >= 0.6 is 0 Å². The smallest absolute Gasteiger partial charge is 0.189 e. The van der Waals surface area contributed by atoms with Crippen LogP contribution in [-0.4, -0.2) is 35.4 Å². The number of quaternary nitrogens is 1. The second kappa shape index (κ2) is 2.82. The molecule has 2 bridgehead atoms. The first kappa shape index (κ1) is 8.90. The average molecular weight is 194 g/mol. The lowest BCUT2D eigenvalue weighted by molar-refractivity contribution is -0.944. The minimum absolute atomic E-state index is 0.346. The van der Waals surface area contributed by atoms with Gasteiger partial charge in [-0.2, -0.15) is 0 Å². The van der Waals surface area contributed by atoms with Crippen molar-refractivity contribution in [2.75, 3.05) is 13.1 Å². The van der Waals surface area contributed by atoms with Gasteiger partial charge in [-0.15, -0.1) is 0 Å². The van der Waals surface area contributed by atoms with Crippen LogP contribution in [-0.2, 0) is 4.79 Å². The summed E-state index contributed by atoms with van der Waals surface area (Å²) in [7, 11) is 0. The zero-order chi connectivity index (χ0) is 9.76. The van der Waals surface area contributed by atoms with Gasteiger partial charge in [-0.1, -0.05) is 6.92 Å². The zero-order valence-corrected chi connectivity index (χ0v) is 9.04. The maximum Gasteiger partial charge on any atom is 0.189 e. The molecule has 0 amide bonds. The number of hydrogen-bond donors (Lipinski definition) is 0. The summed E-state index contributed by atoms with van der Waals surface area (Å²) < 4.78 is 1.21. The van der Waals surface area contributed by atoms with Crippen molar-refractivity contribution in [2.24, 2.45) is 5.92 Å². The Kier molecular flexibility index (Phi) is 1.79. The van der Waals surface area contributed by atoms with Gasteiger partial charge in [0.2, 0.25) is 0 Å². The highest BCUT2D eigenvalue weighted by Crippen LogP contribution is 2.46. The van der Waals surface area contributed by atoms with E-state index in [0.717, 1.165) is 25.0 Å². The van der Waals surface area contributed by atoms with E-state index in [4.69, 9.17) is 0 Å². The van der Waals surface area contributed by atoms with Gasteiger partial charge in [0.1, 0.15) is 6.54 Å². The van der Waals surface area contributed by atoms with Gasteiger partial charge in [-0.3, -0.25) is 4.79 Å². The van der Waals surface area contributed by atoms with Crippen molar-refractivity contribution in [3.05, 3.63) is 0 Å². The molecule has 0 radical (unpaired) electrons. The van der Waals surface area contributed by atoms with Crippen molar-refractivity contribution in [3.63, 3.8) is 0 Å². The molecule has 0 aromatic heterocycles. The minimum Gasteiger partial charge on any atom is -0.313 e. The monoisotopic (exact) mass is 194 g/mol. The molecule has 0 saturated carbocycles. The van der Waals surface area contributed by atoms with Gasteiger partial charge in [0.25, 0.3) is 0 Å². The number of ketones is 1. The molecule has 0 aliphatic carbocycles. The minimum atomic E-state index is 0.346. The Morgan fingerprint density at radius 1 is 1.07 bits per heavy atom. The Balaban J connectivity index is 1.88. The van der Waals surface area contributed by atoms with Crippen LogP contribution < -0.4 is 0 Å². The first-order valence-corrected chi connectivity index (χ1v) is 6.11. The predicted molar refractivity (Wildman–Crippen MR) is 54.8 cm³/mol. The lowest BCUT2D eigenvalue weighted by Gasteiger charge is -2.43. The first-order valence-electron chi connectivity index (χ1n) is 6.11. The summed E-state index contributed by atoms with van der Waals surface area (Å²) >= 11 is 0. The highest BCUT2D eigenvalue weighted by atomic mass is 16.1. The fourth-order valence-corrected chi connectivity index (χ4v) is 4.13. The molecule has 3 aliphatic rings. The number of hydrogen-bond acceptors (Lipinski definition) is 1. The van der Waals surface area contributed by atoms with Crippen LogP contribution in [0.1, 0.15) is 39.0 Å². The molecule has 14 heavy (non-hydrogen) atoms. The number of piperidine rings is 1. The third kappa shape index (κ3) is 0.979. The normalized spacial score (nSPS) is 51.8. The fourth-order valence-electron chi connectivity index (χ4n) is 4.13. The molecule has 2 heteroatoms. The Hall–Kier alpha value is -0.370. The molecule has 3 rings (SSSR count). The largest absolute Gasteiger partial charge is 0.313 e. The van der Waals surface area contributed by atoms with E-state index in [1.54, 1.807) is 0 Å². The van der Waals surface area contributed by atoms with Crippen molar-refractivity contribution in [3.8, 4) is 0 Å². The van der Waals surface area contributed by atoms with Crippen molar-refractivity contribution in [1.29, 1.82) is 0 Å². The number of rotatable bonds is 0. The van der Waals surface area contributed by atoms with E-state index in [9.17, 15) is 4.79 Å². The van der Waals surface area contributed by atoms with Crippen LogP contribution in [0.25, 0.3) is 0 Å². The van der Waals surface area contributed by atoms with Crippen LogP contribution in [0.2, 0.25) is 0 Å².